The third-order valence-electron chi connectivity index (χ3n) is 3.20. The Labute approximate surface area is 112 Å². The minimum atomic E-state index is 0.388. The number of rotatable bonds is 5. The van der Waals surface area contributed by atoms with Crippen LogP contribution in [0.15, 0.2) is 22.0 Å². The van der Waals surface area contributed by atoms with Gasteiger partial charge in [0.2, 0.25) is 0 Å². The largest absolute Gasteiger partial charge is 0.361 e. The van der Waals surface area contributed by atoms with Crippen LogP contribution in [0.5, 0.6) is 0 Å². The van der Waals surface area contributed by atoms with Gasteiger partial charge in [0.1, 0.15) is 5.76 Å². The Balaban J connectivity index is 2.07. The summed E-state index contributed by atoms with van der Waals surface area (Å²) in [6, 6.07) is 4.68. The Hall–Kier alpha value is -1.13. The highest BCUT2D eigenvalue weighted by Crippen LogP contribution is 2.26. The predicted molar refractivity (Wildman–Crippen MR) is 74.7 cm³/mol. The van der Waals surface area contributed by atoms with Crippen molar-refractivity contribution in [2.24, 2.45) is 5.92 Å². The maximum Gasteiger partial charge on any atom is 0.138 e. The highest BCUT2D eigenvalue weighted by Gasteiger charge is 2.18. The summed E-state index contributed by atoms with van der Waals surface area (Å²) in [5.41, 5.74) is 2.16. The van der Waals surface area contributed by atoms with Crippen molar-refractivity contribution in [1.82, 2.24) is 10.5 Å². The summed E-state index contributed by atoms with van der Waals surface area (Å²) >= 11 is 1.80. The lowest BCUT2D eigenvalue weighted by molar-refractivity contribution is 0.388. The maximum atomic E-state index is 5.19. The fourth-order valence-electron chi connectivity index (χ4n) is 2.10. The van der Waals surface area contributed by atoms with Crippen LogP contribution in [-0.4, -0.2) is 5.16 Å². The number of aryl methyl sites for hydroxylation is 2. The zero-order valence-corrected chi connectivity index (χ0v) is 12.2. The van der Waals surface area contributed by atoms with Gasteiger partial charge in [0, 0.05) is 23.0 Å². The van der Waals surface area contributed by atoms with E-state index in [4.69, 9.17) is 4.52 Å². The van der Waals surface area contributed by atoms with Gasteiger partial charge in [-0.25, -0.2) is 0 Å². The van der Waals surface area contributed by atoms with Crippen LogP contribution in [0, 0.1) is 19.8 Å². The molecular formula is C14H20N2OS. The molecule has 18 heavy (non-hydrogen) atoms. The first-order chi connectivity index (χ1) is 8.59. The van der Waals surface area contributed by atoms with E-state index in [0.717, 1.165) is 18.0 Å². The molecule has 1 atom stereocenters. The van der Waals surface area contributed by atoms with Gasteiger partial charge in [-0.15, -0.1) is 11.3 Å². The predicted octanol–water partition coefficient (Wildman–Crippen LogP) is 3.84. The van der Waals surface area contributed by atoms with Gasteiger partial charge in [-0.1, -0.05) is 25.1 Å². The van der Waals surface area contributed by atoms with E-state index >= 15 is 0 Å². The number of thiophene rings is 1. The Kier molecular flexibility index (Phi) is 4.19. The Morgan fingerprint density at radius 2 is 2.17 bits per heavy atom. The molecule has 0 saturated carbocycles. The van der Waals surface area contributed by atoms with Crippen LogP contribution in [0.25, 0.3) is 0 Å². The van der Waals surface area contributed by atoms with E-state index in [2.05, 4.69) is 41.8 Å². The molecule has 0 aromatic carbocycles. The molecule has 0 spiro atoms. The molecule has 0 aliphatic heterocycles. The topological polar surface area (TPSA) is 38.1 Å². The van der Waals surface area contributed by atoms with E-state index < -0.39 is 0 Å². The van der Waals surface area contributed by atoms with Crippen molar-refractivity contribution in [3.63, 3.8) is 0 Å². The Morgan fingerprint density at radius 3 is 2.67 bits per heavy atom. The lowest BCUT2D eigenvalue weighted by Gasteiger charge is -2.21. The molecule has 2 rings (SSSR count). The number of aromatic nitrogens is 1. The van der Waals surface area contributed by atoms with E-state index in [1.165, 1.54) is 10.4 Å². The SMILES string of the molecule is Cc1noc(C)c1CNC(c1cccs1)C(C)C. The molecule has 1 N–H and O–H groups in total. The van der Waals surface area contributed by atoms with E-state index in [-0.39, 0.29) is 0 Å². The average Bonchev–Trinajstić information content (AvgIpc) is 2.93. The van der Waals surface area contributed by atoms with Crippen LogP contribution < -0.4 is 5.32 Å². The standard InChI is InChI=1S/C14H20N2OS/c1-9(2)14(13-6-5-7-18-13)15-8-12-10(3)16-17-11(12)4/h5-7,9,14-15H,8H2,1-4H3. The van der Waals surface area contributed by atoms with Crippen molar-refractivity contribution in [1.29, 1.82) is 0 Å². The summed E-state index contributed by atoms with van der Waals surface area (Å²) in [6.07, 6.45) is 0. The number of nitrogens with zero attached hydrogens (tertiary/aromatic N) is 1. The first kappa shape index (κ1) is 13.3. The van der Waals surface area contributed by atoms with E-state index in [0.29, 0.717) is 12.0 Å². The highest BCUT2D eigenvalue weighted by molar-refractivity contribution is 7.10. The zero-order chi connectivity index (χ0) is 13.1. The van der Waals surface area contributed by atoms with Crippen LogP contribution in [0.4, 0.5) is 0 Å². The summed E-state index contributed by atoms with van der Waals surface area (Å²) in [7, 11) is 0. The molecule has 0 amide bonds. The van der Waals surface area contributed by atoms with E-state index in [9.17, 15) is 0 Å². The number of hydrogen-bond acceptors (Lipinski definition) is 4. The van der Waals surface area contributed by atoms with Crippen LogP contribution in [0.1, 0.15) is 41.8 Å². The van der Waals surface area contributed by atoms with Gasteiger partial charge in [-0.05, 0) is 31.2 Å². The van der Waals surface area contributed by atoms with Crippen molar-refractivity contribution in [2.45, 2.75) is 40.3 Å². The molecule has 2 aromatic heterocycles. The van der Waals surface area contributed by atoms with Crippen molar-refractivity contribution < 1.29 is 4.52 Å². The molecule has 0 fully saturated rings. The number of hydrogen-bond donors (Lipinski definition) is 1. The molecule has 2 heterocycles. The van der Waals surface area contributed by atoms with Crippen LogP contribution in [0.3, 0.4) is 0 Å². The summed E-state index contributed by atoms with van der Waals surface area (Å²) in [5.74, 6) is 1.47. The zero-order valence-electron chi connectivity index (χ0n) is 11.4. The fraction of sp³-hybridized carbons (Fsp3) is 0.500. The smallest absolute Gasteiger partial charge is 0.138 e. The average molecular weight is 264 g/mol. The van der Waals surface area contributed by atoms with Gasteiger partial charge in [-0.3, -0.25) is 0 Å². The molecule has 0 saturated heterocycles. The third kappa shape index (κ3) is 2.82. The third-order valence-corrected chi connectivity index (χ3v) is 4.15. The molecular weight excluding hydrogens is 244 g/mol. The molecule has 0 aliphatic rings. The highest BCUT2D eigenvalue weighted by atomic mass is 32.1. The Bertz CT molecular complexity index is 468. The quantitative estimate of drug-likeness (QED) is 0.891. The van der Waals surface area contributed by atoms with Crippen LogP contribution in [0.2, 0.25) is 0 Å². The monoisotopic (exact) mass is 264 g/mol. The van der Waals surface area contributed by atoms with Gasteiger partial charge in [0.25, 0.3) is 0 Å². The van der Waals surface area contributed by atoms with Gasteiger partial charge in [0.05, 0.1) is 5.69 Å². The van der Waals surface area contributed by atoms with E-state index in [1.807, 2.05) is 13.8 Å². The van der Waals surface area contributed by atoms with Crippen molar-refractivity contribution in [2.75, 3.05) is 0 Å². The molecule has 4 heteroatoms. The summed E-state index contributed by atoms with van der Waals surface area (Å²) < 4.78 is 5.19. The summed E-state index contributed by atoms with van der Waals surface area (Å²) in [5, 5.41) is 9.73. The lowest BCUT2D eigenvalue weighted by atomic mass is 10.0. The van der Waals surface area contributed by atoms with Gasteiger partial charge in [-0.2, -0.15) is 0 Å². The van der Waals surface area contributed by atoms with Gasteiger partial charge in [0.15, 0.2) is 0 Å². The fourth-order valence-corrected chi connectivity index (χ4v) is 3.07. The minimum absolute atomic E-state index is 0.388. The van der Waals surface area contributed by atoms with Crippen LogP contribution in [-0.2, 0) is 6.54 Å². The summed E-state index contributed by atoms with van der Waals surface area (Å²) in [6.45, 7) is 9.24. The van der Waals surface area contributed by atoms with Gasteiger partial charge < -0.3 is 9.84 Å². The van der Waals surface area contributed by atoms with E-state index in [1.54, 1.807) is 11.3 Å². The molecule has 2 aromatic rings. The molecule has 0 bridgehead atoms. The van der Waals surface area contributed by atoms with Crippen molar-refractivity contribution in [3.8, 4) is 0 Å². The molecule has 1 unspecified atom stereocenters. The van der Waals surface area contributed by atoms with Crippen molar-refractivity contribution >= 4 is 11.3 Å². The van der Waals surface area contributed by atoms with Gasteiger partial charge >= 0.3 is 0 Å². The summed E-state index contributed by atoms with van der Waals surface area (Å²) in [4.78, 5) is 1.39. The maximum absolute atomic E-state index is 5.19. The molecule has 98 valence electrons. The normalized spacial score (nSPS) is 13.2. The lowest BCUT2D eigenvalue weighted by Crippen LogP contribution is -2.25. The molecule has 0 radical (unpaired) electrons. The second kappa shape index (κ2) is 5.67. The van der Waals surface area contributed by atoms with Crippen LogP contribution >= 0.6 is 11.3 Å². The Morgan fingerprint density at radius 1 is 1.39 bits per heavy atom. The first-order valence-corrected chi connectivity index (χ1v) is 7.16. The number of nitrogens with one attached hydrogen (secondary N) is 1. The molecule has 0 aliphatic carbocycles. The second-order valence-electron chi connectivity index (χ2n) is 4.92. The molecule has 3 nitrogen and oxygen atoms in total. The minimum Gasteiger partial charge on any atom is -0.361 e. The van der Waals surface area contributed by atoms with Crippen molar-refractivity contribution in [3.05, 3.63) is 39.4 Å². The second-order valence-corrected chi connectivity index (χ2v) is 5.90. The first-order valence-electron chi connectivity index (χ1n) is 6.28.